The van der Waals surface area contributed by atoms with E-state index in [1.807, 2.05) is 6.92 Å². The molecule has 0 aromatic carbocycles. The van der Waals surface area contributed by atoms with Gasteiger partial charge in [-0.25, -0.2) is 0 Å². The molecule has 0 bridgehead atoms. The van der Waals surface area contributed by atoms with Gasteiger partial charge in [0.25, 0.3) is 0 Å². The summed E-state index contributed by atoms with van der Waals surface area (Å²) in [5.41, 5.74) is 0. The second-order valence-electron chi connectivity index (χ2n) is 3.78. The molecule has 0 spiro atoms. The van der Waals surface area contributed by atoms with Crippen LogP contribution in [0.4, 0.5) is 0 Å². The molecule has 2 N–H and O–H groups in total. The molecule has 14 heavy (non-hydrogen) atoms. The number of nitrogens with one attached hydrogen (secondary N) is 2. The Hall–Kier alpha value is -1.08. The molecule has 4 nitrogen and oxygen atoms in total. The number of nitrogens with zero attached hydrogens (tertiary/aromatic N) is 1. The zero-order valence-corrected chi connectivity index (χ0v) is 8.71. The fourth-order valence-electron chi connectivity index (χ4n) is 1.93. The van der Waals surface area contributed by atoms with Gasteiger partial charge in [0, 0.05) is 13.1 Å². The van der Waals surface area contributed by atoms with Gasteiger partial charge < -0.3 is 10.6 Å². The highest BCUT2D eigenvalue weighted by Gasteiger charge is 2.29. The number of nitriles is 1. The van der Waals surface area contributed by atoms with Crippen LogP contribution in [0.5, 0.6) is 0 Å². The fourth-order valence-corrected chi connectivity index (χ4v) is 1.93. The van der Waals surface area contributed by atoms with Gasteiger partial charge in [-0.05, 0) is 19.8 Å². The summed E-state index contributed by atoms with van der Waals surface area (Å²) in [5, 5.41) is 14.6. The molecule has 1 aliphatic carbocycles. The van der Waals surface area contributed by atoms with Crippen molar-refractivity contribution in [2.45, 2.75) is 38.3 Å². The van der Waals surface area contributed by atoms with E-state index in [2.05, 4.69) is 16.7 Å². The van der Waals surface area contributed by atoms with Crippen LogP contribution in [0.15, 0.2) is 0 Å². The van der Waals surface area contributed by atoms with E-state index in [1.165, 1.54) is 0 Å². The highest BCUT2D eigenvalue weighted by atomic mass is 16.2. The van der Waals surface area contributed by atoms with Crippen LogP contribution in [0.25, 0.3) is 0 Å². The van der Waals surface area contributed by atoms with Crippen molar-refractivity contribution in [3.05, 3.63) is 0 Å². The Morgan fingerprint density at radius 3 is 2.86 bits per heavy atom. The monoisotopic (exact) mass is 195 g/mol. The molecular formula is C10H17N3O. The normalized spacial score (nSPS) is 28.1. The van der Waals surface area contributed by atoms with Gasteiger partial charge in [-0.2, -0.15) is 5.26 Å². The van der Waals surface area contributed by atoms with Crippen LogP contribution >= 0.6 is 0 Å². The van der Waals surface area contributed by atoms with Crippen molar-refractivity contribution in [2.75, 3.05) is 7.05 Å². The SMILES string of the molecule is CNC(=O)C(C)NC1CCCC1C#N. The minimum atomic E-state index is -0.209. The van der Waals surface area contributed by atoms with Gasteiger partial charge in [-0.15, -0.1) is 0 Å². The van der Waals surface area contributed by atoms with Crippen molar-refractivity contribution in [2.24, 2.45) is 5.92 Å². The van der Waals surface area contributed by atoms with Crippen molar-refractivity contribution < 1.29 is 4.79 Å². The molecule has 3 unspecified atom stereocenters. The van der Waals surface area contributed by atoms with Gasteiger partial charge in [0.15, 0.2) is 0 Å². The van der Waals surface area contributed by atoms with E-state index in [4.69, 9.17) is 5.26 Å². The summed E-state index contributed by atoms with van der Waals surface area (Å²) in [6.45, 7) is 1.82. The molecule has 78 valence electrons. The Balaban J connectivity index is 2.44. The van der Waals surface area contributed by atoms with E-state index in [1.54, 1.807) is 7.05 Å². The van der Waals surface area contributed by atoms with Crippen molar-refractivity contribution in [1.82, 2.24) is 10.6 Å². The van der Waals surface area contributed by atoms with Crippen molar-refractivity contribution in [1.29, 1.82) is 5.26 Å². The van der Waals surface area contributed by atoms with Gasteiger partial charge in [-0.3, -0.25) is 4.79 Å². The minimum Gasteiger partial charge on any atom is -0.358 e. The number of carbonyl (C=O) groups is 1. The summed E-state index contributed by atoms with van der Waals surface area (Å²) in [6.07, 6.45) is 3.03. The first-order valence-corrected chi connectivity index (χ1v) is 5.06. The number of carbonyl (C=O) groups excluding carboxylic acids is 1. The molecule has 0 aliphatic heterocycles. The molecular weight excluding hydrogens is 178 g/mol. The summed E-state index contributed by atoms with van der Waals surface area (Å²) in [5.74, 6) is 0.0516. The molecule has 0 saturated heterocycles. The highest BCUT2D eigenvalue weighted by Crippen LogP contribution is 2.25. The van der Waals surface area contributed by atoms with Gasteiger partial charge in [0.2, 0.25) is 5.91 Å². The van der Waals surface area contributed by atoms with Crippen LogP contribution in [-0.2, 0) is 4.79 Å². The van der Waals surface area contributed by atoms with E-state index in [0.29, 0.717) is 0 Å². The molecule has 1 saturated carbocycles. The van der Waals surface area contributed by atoms with Crippen LogP contribution in [0.3, 0.4) is 0 Å². The van der Waals surface area contributed by atoms with Crippen molar-refractivity contribution in [3.63, 3.8) is 0 Å². The first-order valence-electron chi connectivity index (χ1n) is 5.06. The molecule has 0 radical (unpaired) electrons. The Kier molecular flexibility index (Phi) is 3.90. The zero-order chi connectivity index (χ0) is 10.6. The van der Waals surface area contributed by atoms with Gasteiger partial charge in [-0.1, -0.05) is 6.42 Å². The van der Waals surface area contributed by atoms with Crippen LogP contribution in [0.1, 0.15) is 26.2 Å². The van der Waals surface area contributed by atoms with Crippen LogP contribution in [0, 0.1) is 17.2 Å². The molecule has 1 fully saturated rings. The Morgan fingerprint density at radius 2 is 2.29 bits per heavy atom. The summed E-state index contributed by atoms with van der Waals surface area (Å²) < 4.78 is 0. The molecule has 0 heterocycles. The maximum Gasteiger partial charge on any atom is 0.236 e. The highest BCUT2D eigenvalue weighted by molar-refractivity contribution is 5.80. The lowest BCUT2D eigenvalue weighted by Gasteiger charge is -2.20. The Morgan fingerprint density at radius 1 is 1.57 bits per heavy atom. The second-order valence-corrected chi connectivity index (χ2v) is 3.78. The average Bonchev–Trinajstić information content (AvgIpc) is 2.63. The number of hydrogen-bond acceptors (Lipinski definition) is 3. The molecule has 1 rings (SSSR count). The number of hydrogen-bond donors (Lipinski definition) is 2. The first-order chi connectivity index (χ1) is 6.69. The van der Waals surface area contributed by atoms with Gasteiger partial charge in [0.1, 0.15) is 0 Å². The van der Waals surface area contributed by atoms with E-state index < -0.39 is 0 Å². The molecule has 1 aliphatic rings. The summed E-state index contributed by atoms with van der Waals surface area (Å²) >= 11 is 0. The third kappa shape index (κ3) is 2.46. The third-order valence-electron chi connectivity index (χ3n) is 2.79. The van der Waals surface area contributed by atoms with E-state index in [0.717, 1.165) is 19.3 Å². The van der Waals surface area contributed by atoms with E-state index >= 15 is 0 Å². The predicted molar refractivity (Wildman–Crippen MR) is 53.4 cm³/mol. The lowest BCUT2D eigenvalue weighted by atomic mass is 10.0. The average molecular weight is 195 g/mol. The van der Waals surface area contributed by atoms with Gasteiger partial charge >= 0.3 is 0 Å². The Bertz CT molecular complexity index is 246. The smallest absolute Gasteiger partial charge is 0.236 e. The zero-order valence-electron chi connectivity index (χ0n) is 8.71. The van der Waals surface area contributed by atoms with Crippen LogP contribution < -0.4 is 10.6 Å². The largest absolute Gasteiger partial charge is 0.358 e. The van der Waals surface area contributed by atoms with Crippen molar-refractivity contribution >= 4 is 5.91 Å². The standard InChI is InChI=1S/C10H17N3O/c1-7(10(14)12-2)13-9-5-3-4-8(9)6-11/h7-9,13H,3-5H2,1-2H3,(H,12,14). The van der Waals surface area contributed by atoms with E-state index in [-0.39, 0.29) is 23.9 Å². The van der Waals surface area contributed by atoms with Gasteiger partial charge in [0.05, 0.1) is 18.0 Å². The third-order valence-corrected chi connectivity index (χ3v) is 2.79. The predicted octanol–water partition coefficient (Wildman–Crippen LogP) is 0.403. The maximum absolute atomic E-state index is 11.2. The van der Waals surface area contributed by atoms with Crippen molar-refractivity contribution in [3.8, 4) is 6.07 Å². The lowest BCUT2D eigenvalue weighted by molar-refractivity contribution is -0.122. The Labute approximate surface area is 84.7 Å². The van der Waals surface area contributed by atoms with Crippen LogP contribution in [0.2, 0.25) is 0 Å². The molecule has 1 amide bonds. The number of likely N-dealkylation sites (N-methyl/N-ethyl adjacent to an activating group) is 1. The molecule has 4 heteroatoms. The summed E-state index contributed by atoms with van der Waals surface area (Å²) in [4.78, 5) is 11.2. The first kappa shape index (κ1) is 11.0. The second kappa shape index (κ2) is 4.97. The molecule has 0 aromatic heterocycles. The quantitative estimate of drug-likeness (QED) is 0.685. The molecule has 0 aromatic rings. The number of amides is 1. The van der Waals surface area contributed by atoms with Crippen LogP contribution in [-0.4, -0.2) is 25.0 Å². The topological polar surface area (TPSA) is 64.9 Å². The lowest BCUT2D eigenvalue weighted by Crippen LogP contribution is -2.46. The molecule has 3 atom stereocenters. The minimum absolute atomic E-state index is 0.0198. The number of rotatable bonds is 3. The summed E-state index contributed by atoms with van der Waals surface area (Å²) in [6, 6.07) is 2.26. The maximum atomic E-state index is 11.2. The summed E-state index contributed by atoms with van der Waals surface area (Å²) in [7, 11) is 1.62. The fraction of sp³-hybridized carbons (Fsp3) is 0.800. The van der Waals surface area contributed by atoms with E-state index in [9.17, 15) is 4.79 Å².